The van der Waals surface area contributed by atoms with Gasteiger partial charge in [0, 0.05) is 17.7 Å². The molecule has 2 aromatic rings. The van der Waals surface area contributed by atoms with Crippen LogP contribution in [0.2, 0.25) is 0 Å². The molecule has 0 fully saturated rings. The molecule has 1 amide bonds. The monoisotopic (exact) mass is 278 g/mol. The van der Waals surface area contributed by atoms with Gasteiger partial charge in [0.25, 0.3) is 5.56 Å². The highest BCUT2D eigenvalue weighted by molar-refractivity contribution is 5.88. The normalized spacial score (nSPS) is 10.5. The topological polar surface area (TPSA) is 136 Å². The summed E-state index contributed by atoms with van der Waals surface area (Å²) < 4.78 is 0. The van der Waals surface area contributed by atoms with Gasteiger partial charge in [-0.25, -0.2) is 4.79 Å². The fraction of sp³-hybridized carbons (Fsp3) is 0.364. The Morgan fingerprint density at radius 3 is 2.60 bits per heavy atom. The molecule has 0 radical (unpaired) electrons. The first-order valence-corrected chi connectivity index (χ1v) is 5.96. The molecule has 0 aliphatic carbocycles. The SMILES string of the molecule is Cc1nc(NC(=O)CCc2c(C)[nH]c(=O)[nH]c2=O)n[nH]1. The van der Waals surface area contributed by atoms with Crippen LogP contribution in [0.1, 0.15) is 23.5 Å². The van der Waals surface area contributed by atoms with Crippen LogP contribution in [0.4, 0.5) is 5.95 Å². The first-order chi connectivity index (χ1) is 9.45. The Bertz CT molecular complexity index is 741. The van der Waals surface area contributed by atoms with E-state index in [4.69, 9.17) is 0 Å². The number of nitrogens with one attached hydrogen (secondary N) is 4. The number of aryl methyl sites for hydroxylation is 2. The molecule has 4 N–H and O–H groups in total. The van der Waals surface area contributed by atoms with Gasteiger partial charge in [0.15, 0.2) is 0 Å². The minimum atomic E-state index is -0.558. The van der Waals surface area contributed by atoms with Crippen molar-refractivity contribution in [2.24, 2.45) is 0 Å². The Morgan fingerprint density at radius 2 is 2.00 bits per heavy atom. The molecular weight excluding hydrogens is 264 g/mol. The predicted molar refractivity (Wildman–Crippen MR) is 70.5 cm³/mol. The van der Waals surface area contributed by atoms with Gasteiger partial charge in [0.2, 0.25) is 11.9 Å². The van der Waals surface area contributed by atoms with E-state index in [1.54, 1.807) is 13.8 Å². The number of anilines is 1. The minimum absolute atomic E-state index is 0.0869. The maximum atomic E-state index is 11.7. The maximum absolute atomic E-state index is 11.7. The molecule has 20 heavy (non-hydrogen) atoms. The van der Waals surface area contributed by atoms with Gasteiger partial charge in [-0.1, -0.05) is 0 Å². The van der Waals surface area contributed by atoms with Gasteiger partial charge in [-0.2, -0.15) is 4.98 Å². The summed E-state index contributed by atoms with van der Waals surface area (Å²) in [6.45, 7) is 3.33. The van der Waals surface area contributed by atoms with E-state index in [0.29, 0.717) is 17.1 Å². The van der Waals surface area contributed by atoms with E-state index in [-0.39, 0.29) is 24.7 Å². The van der Waals surface area contributed by atoms with Crippen molar-refractivity contribution >= 4 is 11.9 Å². The van der Waals surface area contributed by atoms with Crippen LogP contribution in [-0.2, 0) is 11.2 Å². The van der Waals surface area contributed by atoms with Crippen LogP contribution in [0.15, 0.2) is 9.59 Å². The molecule has 9 heteroatoms. The van der Waals surface area contributed by atoms with Gasteiger partial charge < -0.3 is 4.98 Å². The number of H-pyrrole nitrogens is 3. The molecule has 0 atom stereocenters. The van der Waals surface area contributed by atoms with Crippen molar-refractivity contribution in [1.29, 1.82) is 0 Å². The van der Waals surface area contributed by atoms with Crippen molar-refractivity contribution in [3.63, 3.8) is 0 Å². The van der Waals surface area contributed by atoms with E-state index in [9.17, 15) is 14.4 Å². The number of rotatable bonds is 4. The molecule has 0 aliphatic heterocycles. The minimum Gasteiger partial charge on any atom is -0.311 e. The first-order valence-electron chi connectivity index (χ1n) is 5.96. The molecule has 0 saturated carbocycles. The van der Waals surface area contributed by atoms with Crippen LogP contribution in [-0.4, -0.2) is 31.1 Å². The Labute approximate surface area is 112 Å². The number of amides is 1. The second kappa shape index (κ2) is 5.51. The number of carbonyl (C=O) groups excluding carboxylic acids is 1. The number of nitrogens with zero attached hydrogens (tertiary/aromatic N) is 2. The number of carbonyl (C=O) groups is 1. The Balaban J connectivity index is 2.00. The van der Waals surface area contributed by atoms with Crippen LogP contribution in [0.5, 0.6) is 0 Å². The van der Waals surface area contributed by atoms with E-state index in [0.717, 1.165) is 0 Å². The van der Waals surface area contributed by atoms with Crippen LogP contribution in [0.3, 0.4) is 0 Å². The van der Waals surface area contributed by atoms with Crippen molar-refractivity contribution in [1.82, 2.24) is 25.1 Å². The molecule has 0 bridgehead atoms. The van der Waals surface area contributed by atoms with Crippen molar-refractivity contribution in [3.05, 3.63) is 37.9 Å². The van der Waals surface area contributed by atoms with Gasteiger partial charge >= 0.3 is 5.69 Å². The van der Waals surface area contributed by atoms with Crippen molar-refractivity contribution < 1.29 is 4.79 Å². The number of hydrogen-bond acceptors (Lipinski definition) is 5. The third-order valence-electron chi connectivity index (χ3n) is 2.71. The molecule has 2 aromatic heterocycles. The lowest BCUT2D eigenvalue weighted by Crippen LogP contribution is -2.27. The molecule has 2 rings (SSSR count). The Kier molecular flexibility index (Phi) is 3.78. The molecule has 9 nitrogen and oxygen atoms in total. The van der Waals surface area contributed by atoms with Gasteiger partial charge in [-0.05, 0) is 20.3 Å². The molecule has 2 heterocycles. The molecule has 0 saturated heterocycles. The average molecular weight is 278 g/mol. The smallest absolute Gasteiger partial charge is 0.311 e. The zero-order valence-electron chi connectivity index (χ0n) is 11.0. The third kappa shape index (κ3) is 3.19. The largest absolute Gasteiger partial charge is 0.325 e. The van der Waals surface area contributed by atoms with E-state index in [1.165, 1.54) is 0 Å². The van der Waals surface area contributed by atoms with Crippen LogP contribution >= 0.6 is 0 Å². The van der Waals surface area contributed by atoms with Crippen LogP contribution < -0.4 is 16.6 Å². The lowest BCUT2D eigenvalue weighted by molar-refractivity contribution is -0.116. The van der Waals surface area contributed by atoms with Crippen molar-refractivity contribution in [3.8, 4) is 0 Å². The van der Waals surface area contributed by atoms with Crippen LogP contribution in [0, 0.1) is 13.8 Å². The molecule has 0 spiro atoms. The zero-order valence-corrected chi connectivity index (χ0v) is 11.0. The predicted octanol–water partition coefficient (Wildman–Crippen LogP) is -0.631. The lowest BCUT2D eigenvalue weighted by atomic mass is 10.1. The average Bonchev–Trinajstić information content (AvgIpc) is 2.73. The fourth-order valence-corrected chi connectivity index (χ4v) is 1.75. The summed E-state index contributed by atoms with van der Waals surface area (Å²) in [5.41, 5.74) is -0.198. The summed E-state index contributed by atoms with van der Waals surface area (Å²) in [6.07, 6.45) is 0.302. The summed E-state index contributed by atoms with van der Waals surface area (Å²) >= 11 is 0. The first kappa shape index (κ1) is 13.7. The Hall–Kier alpha value is -2.71. The number of aromatic nitrogens is 5. The van der Waals surface area contributed by atoms with Gasteiger partial charge in [-0.3, -0.25) is 25.0 Å². The fourth-order valence-electron chi connectivity index (χ4n) is 1.75. The summed E-state index contributed by atoms with van der Waals surface area (Å²) in [6, 6.07) is 0. The highest BCUT2D eigenvalue weighted by atomic mass is 16.2. The standard InChI is InChI=1S/C11H14N6O3/c1-5-7(9(19)15-11(20)12-5)3-4-8(18)14-10-13-6(2)16-17-10/h3-4H2,1-2H3,(H2,12,15,19,20)(H2,13,14,16,17,18). The highest BCUT2D eigenvalue weighted by Gasteiger charge is 2.10. The van der Waals surface area contributed by atoms with Gasteiger partial charge in [0.1, 0.15) is 5.82 Å². The van der Waals surface area contributed by atoms with E-state index in [1.807, 2.05) is 0 Å². The van der Waals surface area contributed by atoms with Crippen molar-refractivity contribution in [2.45, 2.75) is 26.7 Å². The number of hydrogen-bond donors (Lipinski definition) is 4. The number of aromatic amines is 3. The van der Waals surface area contributed by atoms with E-state index in [2.05, 4.69) is 30.5 Å². The third-order valence-corrected chi connectivity index (χ3v) is 2.71. The highest BCUT2D eigenvalue weighted by Crippen LogP contribution is 2.03. The second-order valence-electron chi connectivity index (χ2n) is 4.30. The summed E-state index contributed by atoms with van der Waals surface area (Å²) in [4.78, 5) is 42.9. The second-order valence-corrected chi connectivity index (χ2v) is 4.30. The lowest BCUT2D eigenvalue weighted by Gasteiger charge is -2.03. The van der Waals surface area contributed by atoms with E-state index >= 15 is 0 Å². The molecule has 0 unspecified atom stereocenters. The molecule has 0 aromatic carbocycles. The zero-order chi connectivity index (χ0) is 14.7. The molecular formula is C11H14N6O3. The van der Waals surface area contributed by atoms with Crippen LogP contribution in [0.25, 0.3) is 0 Å². The quantitative estimate of drug-likeness (QED) is 0.590. The molecule has 0 aliphatic rings. The van der Waals surface area contributed by atoms with Gasteiger partial charge in [-0.15, -0.1) is 5.10 Å². The van der Waals surface area contributed by atoms with Crippen molar-refractivity contribution in [2.75, 3.05) is 5.32 Å². The van der Waals surface area contributed by atoms with E-state index < -0.39 is 11.2 Å². The Morgan fingerprint density at radius 1 is 1.25 bits per heavy atom. The van der Waals surface area contributed by atoms with Gasteiger partial charge in [0.05, 0.1) is 0 Å². The summed E-state index contributed by atoms with van der Waals surface area (Å²) in [7, 11) is 0. The molecule has 106 valence electrons. The maximum Gasteiger partial charge on any atom is 0.325 e. The summed E-state index contributed by atoms with van der Waals surface area (Å²) in [5.74, 6) is 0.474. The summed E-state index contributed by atoms with van der Waals surface area (Å²) in [5, 5.41) is 8.88.